The van der Waals surface area contributed by atoms with Gasteiger partial charge in [0.1, 0.15) is 11.5 Å². The summed E-state index contributed by atoms with van der Waals surface area (Å²) in [6.45, 7) is 0. The van der Waals surface area contributed by atoms with Gasteiger partial charge in [0.2, 0.25) is 0 Å². The summed E-state index contributed by atoms with van der Waals surface area (Å²) in [6, 6.07) is 24.7. The molecule has 0 fully saturated rings. The van der Waals surface area contributed by atoms with Crippen molar-refractivity contribution in [2.45, 2.75) is 0 Å². The summed E-state index contributed by atoms with van der Waals surface area (Å²) in [7, 11) is 0. The number of hydrogen-bond acceptors (Lipinski definition) is 4. The second kappa shape index (κ2) is 8.53. The van der Waals surface area contributed by atoms with Crippen molar-refractivity contribution in [2.24, 2.45) is 0 Å². The van der Waals surface area contributed by atoms with Crippen molar-refractivity contribution in [1.29, 1.82) is 0 Å². The van der Waals surface area contributed by atoms with Crippen molar-refractivity contribution in [2.75, 3.05) is 5.32 Å². The van der Waals surface area contributed by atoms with Crippen LogP contribution in [0.25, 0.3) is 11.3 Å². The van der Waals surface area contributed by atoms with Crippen LogP contribution >= 0.6 is 33.9 Å². The highest BCUT2D eigenvalue weighted by atomic mass is 127. The van der Waals surface area contributed by atoms with Gasteiger partial charge in [-0.1, -0.05) is 36.4 Å². The molecule has 1 amide bonds. The van der Waals surface area contributed by atoms with Gasteiger partial charge in [0.15, 0.2) is 5.13 Å². The number of carbonyl (C=O) groups excluding carboxylic acids is 1. The topological polar surface area (TPSA) is 51.2 Å². The van der Waals surface area contributed by atoms with Crippen molar-refractivity contribution in [3.8, 4) is 22.8 Å². The van der Waals surface area contributed by atoms with E-state index in [2.05, 4.69) is 32.9 Å². The van der Waals surface area contributed by atoms with E-state index in [-0.39, 0.29) is 5.91 Å². The molecule has 4 nitrogen and oxygen atoms in total. The average molecular weight is 498 g/mol. The number of halogens is 1. The molecule has 1 N–H and O–H groups in total. The van der Waals surface area contributed by atoms with Gasteiger partial charge in [0.25, 0.3) is 5.91 Å². The molecule has 28 heavy (non-hydrogen) atoms. The van der Waals surface area contributed by atoms with Gasteiger partial charge >= 0.3 is 0 Å². The Balaban J connectivity index is 1.47. The third kappa shape index (κ3) is 4.58. The first-order chi connectivity index (χ1) is 13.7. The van der Waals surface area contributed by atoms with Crippen molar-refractivity contribution >= 4 is 45.0 Å². The van der Waals surface area contributed by atoms with E-state index in [0.717, 1.165) is 17.0 Å². The predicted octanol–water partition coefficient (Wildman–Crippen LogP) is 6.46. The molecule has 0 atom stereocenters. The number of anilines is 1. The summed E-state index contributed by atoms with van der Waals surface area (Å²) in [5, 5.41) is 5.36. The monoisotopic (exact) mass is 498 g/mol. The van der Waals surface area contributed by atoms with Gasteiger partial charge in [-0.2, -0.15) is 0 Å². The Morgan fingerprint density at radius 3 is 2.46 bits per heavy atom. The number of benzene rings is 3. The molecule has 0 aliphatic heterocycles. The van der Waals surface area contributed by atoms with E-state index in [4.69, 9.17) is 4.74 Å². The zero-order chi connectivity index (χ0) is 19.3. The van der Waals surface area contributed by atoms with E-state index < -0.39 is 0 Å². The summed E-state index contributed by atoms with van der Waals surface area (Å²) in [5.41, 5.74) is 2.38. The van der Waals surface area contributed by atoms with E-state index in [1.165, 1.54) is 14.9 Å². The summed E-state index contributed by atoms with van der Waals surface area (Å²) < 4.78 is 6.97. The van der Waals surface area contributed by atoms with Crippen LogP contribution in [0.2, 0.25) is 0 Å². The number of para-hydroxylation sites is 1. The summed E-state index contributed by atoms with van der Waals surface area (Å²) in [5.74, 6) is 1.11. The second-order valence-electron chi connectivity index (χ2n) is 5.94. The Morgan fingerprint density at radius 1 is 0.929 bits per heavy atom. The molecule has 4 rings (SSSR count). The number of carbonyl (C=O) groups is 1. The lowest BCUT2D eigenvalue weighted by Gasteiger charge is -2.07. The number of aromatic nitrogens is 1. The Labute approximate surface area is 180 Å². The lowest BCUT2D eigenvalue weighted by atomic mass is 10.2. The van der Waals surface area contributed by atoms with E-state index >= 15 is 0 Å². The van der Waals surface area contributed by atoms with Crippen LogP contribution in [0.3, 0.4) is 0 Å². The fourth-order valence-corrected chi connectivity index (χ4v) is 3.65. The fourth-order valence-electron chi connectivity index (χ4n) is 2.58. The number of ether oxygens (including phenoxy) is 1. The number of nitrogens with one attached hydrogen (secondary N) is 1. The minimum Gasteiger partial charge on any atom is -0.457 e. The summed E-state index contributed by atoms with van der Waals surface area (Å²) in [6.07, 6.45) is 0. The van der Waals surface area contributed by atoms with Gasteiger partial charge in [-0.05, 0) is 65.1 Å². The molecule has 6 heteroatoms. The van der Waals surface area contributed by atoms with Crippen LogP contribution in [0.5, 0.6) is 11.5 Å². The van der Waals surface area contributed by atoms with Crippen LogP contribution in [-0.2, 0) is 0 Å². The van der Waals surface area contributed by atoms with E-state index in [1.54, 1.807) is 18.2 Å². The third-order valence-electron chi connectivity index (χ3n) is 3.94. The maximum atomic E-state index is 12.6. The first-order valence-electron chi connectivity index (χ1n) is 8.53. The zero-order valence-electron chi connectivity index (χ0n) is 14.6. The highest BCUT2D eigenvalue weighted by molar-refractivity contribution is 14.1. The highest BCUT2D eigenvalue weighted by Crippen LogP contribution is 2.26. The van der Waals surface area contributed by atoms with Gasteiger partial charge in [-0.25, -0.2) is 4.98 Å². The minimum atomic E-state index is -0.220. The van der Waals surface area contributed by atoms with Gasteiger partial charge in [0, 0.05) is 20.1 Å². The molecule has 0 saturated heterocycles. The van der Waals surface area contributed by atoms with E-state index in [0.29, 0.717) is 16.4 Å². The largest absolute Gasteiger partial charge is 0.457 e. The Kier molecular flexibility index (Phi) is 5.68. The SMILES string of the molecule is O=C(Nc1nc(-c2ccc(I)cc2)cs1)c1cccc(Oc2ccccc2)c1. The van der Waals surface area contributed by atoms with Crippen LogP contribution in [-0.4, -0.2) is 10.9 Å². The zero-order valence-corrected chi connectivity index (χ0v) is 17.6. The number of thiazole rings is 1. The van der Waals surface area contributed by atoms with E-state index in [1.807, 2.05) is 66.0 Å². The van der Waals surface area contributed by atoms with Gasteiger partial charge in [-0.3, -0.25) is 10.1 Å². The van der Waals surface area contributed by atoms with Crippen LogP contribution in [0.1, 0.15) is 10.4 Å². The second-order valence-corrected chi connectivity index (χ2v) is 8.05. The average Bonchev–Trinajstić information content (AvgIpc) is 3.18. The molecule has 0 spiro atoms. The maximum Gasteiger partial charge on any atom is 0.257 e. The Hall–Kier alpha value is -2.71. The predicted molar refractivity (Wildman–Crippen MR) is 121 cm³/mol. The van der Waals surface area contributed by atoms with Gasteiger partial charge in [0.05, 0.1) is 5.69 Å². The number of rotatable bonds is 5. The maximum absolute atomic E-state index is 12.6. The summed E-state index contributed by atoms with van der Waals surface area (Å²) >= 11 is 3.67. The first kappa shape index (κ1) is 18.6. The van der Waals surface area contributed by atoms with E-state index in [9.17, 15) is 4.79 Å². The molecule has 3 aromatic carbocycles. The van der Waals surface area contributed by atoms with Crippen molar-refractivity contribution in [3.05, 3.63) is 93.4 Å². The standard InChI is InChI=1S/C22H15IN2O2S/c23-17-11-9-15(10-12-17)20-14-28-22(24-20)25-21(26)16-5-4-8-19(13-16)27-18-6-2-1-3-7-18/h1-14H,(H,24,25,26). The lowest BCUT2D eigenvalue weighted by molar-refractivity contribution is 0.102. The Morgan fingerprint density at radius 2 is 1.68 bits per heavy atom. The normalized spacial score (nSPS) is 10.5. The molecule has 138 valence electrons. The molecule has 1 heterocycles. The fraction of sp³-hybridized carbons (Fsp3) is 0. The lowest BCUT2D eigenvalue weighted by Crippen LogP contribution is -2.11. The quantitative estimate of drug-likeness (QED) is 0.322. The molecule has 0 radical (unpaired) electrons. The number of amides is 1. The van der Waals surface area contributed by atoms with Gasteiger partial charge in [-0.15, -0.1) is 11.3 Å². The van der Waals surface area contributed by atoms with Crippen LogP contribution in [0.15, 0.2) is 84.2 Å². The molecule has 0 saturated carbocycles. The molecule has 0 unspecified atom stereocenters. The highest BCUT2D eigenvalue weighted by Gasteiger charge is 2.11. The van der Waals surface area contributed by atoms with Crippen LogP contribution in [0.4, 0.5) is 5.13 Å². The molecular formula is C22H15IN2O2S. The smallest absolute Gasteiger partial charge is 0.257 e. The minimum absolute atomic E-state index is 0.220. The van der Waals surface area contributed by atoms with Crippen LogP contribution < -0.4 is 10.1 Å². The molecule has 0 bridgehead atoms. The molecule has 4 aromatic rings. The van der Waals surface area contributed by atoms with Crippen molar-refractivity contribution < 1.29 is 9.53 Å². The van der Waals surface area contributed by atoms with Crippen molar-refractivity contribution in [1.82, 2.24) is 4.98 Å². The first-order valence-corrected chi connectivity index (χ1v) is 10.5. The molecule has 0 aliphatic carbocycles. The van der Waals surface area contributed by atoms with Gasteiger partial charge < -0.3 is 4.74 Å². The number of hydrogen-bond donors (Lipinski definition) is 1. The molecule has 1 aromatic heterocycles. The third-order valence-corrected chi connectivity index (χ3v) is 5.42. The molecule has 0 aliphatic rings. The number of nitrogens with zero attached hydrogens (tertiary/aromatic N) is 1. The van der Waals surface area contributed by atoms with Crippen LogP contribution in [0, 0.1) is 3.57 Å². The Bertz CT molecular complexity index is 1090. The summed E-state index contributed by atoms with van der Waals surface area (Å²) in [4.78, 5) is 17.1. The van der Waals surface area contributed by atoms with Crippen molar-refractivity contribution in [3.63, 3.8) is 0 Å². The molecular weight excluding hydrogens is 483 g/mol.